The van der Waals surface area contributed by atoms with Gasteiger partial charge in [0.1, 0.15) is 11.0 Å². The number of hydrogen-bond acceptors (Lipinski definition) is 5. The summed E-state index contributed by atoms with van der Waals surface area (Å²) in [6.45, 7) is 1.26. The topological polar surface area (TPSA) is 79.5 Å². The molecule has 1 aromatic rings. The van der Waals surface area contributed by atoms with Gasteiger partial charge in [0.2, 0.25) is 0 Å². The Morgan fingerprint density at radius 2 is 2.12 bits per heavy atom. The molecule has 17 heavy (non-hydrogen) atoms. The summed E-state index contributed by atoms with van der Waals surface area (Å²) in [6.07, 6.45) is 0.990. The average Bonchev–Trinajstić information content (AvgIpc) is 2.29. The lowest BCUT2D eigenvalue weighted by Gasteiger charge is -2.30. The molecule has 0 saturated carbocycles. The Labute approximate surface area is 103 Å². The average molecular weight is 258 g/mol. The largest absolute Gasteiger partial charge is 0.393 e. The van der Waals surface area contributed by atoms with Crippen molar-refractivity contribution in [1.29, 1.82) is 0 Å². The summed E-state index contributed by atoms with van der Waals surface area (Å²) >= 11 is 5.75. The fraction of sp³-hybridized carbons (Fsp3) is 0.500. The second kappa shape index (κ2) is 4.85. The minimum Gasteiger partial charge on any atom is -0.393 e. The van der Waals surface area contributed by atoms with Crippen LogP contribution in [0.3, 0.4) is 0 Å². The van der Waals surface area contributed by atoms with Crippen LogP contribution in [0.2, 0.25) is 5.15 Å². The van der Waals surface area contributed by atoms with E-state index >= 15 is 0 Å². The highest BCUT2D eigenvalue weighted by atomic mass is 35.5. The molecule has 7 heteroatoms. The lowest BCUT2D eigenvalue weighted by Crippen LogP contribution is -2.36. The number of nitrogens with zero attached hydrogens (tertiary/aromatic N) is 3. The quantitative estimate of drug-likeness (QED) is 0.495. The fourth-order valence-corrected chi connectivity index (χ4v) is 2.03. The van der Waals surface area contributed by atoms with Gasteiger partial charge in [0.15, 0.2) is 0 Å². The highest BCUT2D eigenvalue weighted by molar-refractivity contribution is 6.29. The van der Waals surface area contributed by atoms with Crippen LogP contribution in [0.1, 0.15) is 12.8 Å². The second-order valence-electron chi connectivity index (χ2n) is 3.98. The van der Waals surface area contributed by atoms with E-state index in [1.165, 1.54) is 12.1 Å². The lowest BCUT2D eigenvalue weighted by molar-refractivity contribution is -0.384. The summed E-state index contributed by atoms with van der Waals surface area (Å²) in [6, 6.07) is 2.63. The van der Waals surface area contributed by atoms with Crippen molar-refractivity contribution in [2.24, 2.45) is 0 Å². The van der Waals surface area contributed by atoms with Crippen molar-refractivity contribution in [2.75, 3.05) is 18.0 Å². The van der Waals surface area contributed by atoms with Crippen molar-refractivity contribution in [1.82, 2.24) is 4.98 Å². The highest BCUT2D eigenvalue weighted by Gasteiger charge is 2.20. The van der Waals surface area contributed by atoms with Gasteiger partial charge in [0.05, 0.1) is 23.2 Å². The van der Waals surface area contributed by atoms with Crippen LogP contribution in [0.25, 0.3) is 0 Å². The van der Waals surface area contributed by atoms with Crippen LogP contribution in [0.5, 0.6) is 0 Å². The third kappa shape index (κ3) is 2.83. The third-order valence-corrected chi connectivity index (χ3v) is 2.96. The van der Waals surface area contributed by atoms with Gasteiger partial charge in [-0.2, -0.15) is 0 Å². The minimum atomic E-state index is -0.490. The number of pyridine rings is 1. The van der Waals surface area contributed by atoms with Crippen LogP contribution in [-0.4, -0.2) is 34.2 Å². The molecule has 1 fully saturated rings. The first kappa shape index (κ1) is 12.1. The molecule has 0 bridgehead atoms. The highest BCUT2D eigenvalue weighted by Crippen LogP contribution is 2.25. The number of aliphatic hydroxyl groups is 1. The summed E-state index contributed by atoms with van der Waals surface area (Å²) in [5.41, 5.74) is -0.0638. The predicted octanol–water partition coefficient (Wildman–Crippen LogP) is 1.60. The van der Waals surface area contributed by atoms with Crippen LogP contribution in [0, 0.1) is 10.1 Å². The molecule has 0 atom stereocenters. The number of nitro groups is 1. The van der Waals surface area contributed by atoms with Gasteiger partial charge in [-0.05, 0) is 12.8 Å². The van der Waals surface area contributed by atoms with E-state index in [0.717, 1.165) is 0 Å². The third-order valence-electron chi connectivity index (χ3n) is 2.76. The van der Waals surface area contributed by atoms with E-state index < -0.39 is 4.92 Å². The zero-order valence-electron chi connectivity index (χ0n) is 9.04. The first-order chi connectivity index (χ1) is 8.06. The van der Waals surface area contributed by atoms with Crippen molar-refractivity contribution in [3.05, 3.63) is 27.4 Å². The number of piperidine rings is 1. The molecule has 6 nitrogen and oxygen atoms in total. The first-order valence-corrected chi connectivity index (χ1v) is 5.69. The maximum absolute atomic E-state index is 10.7. The zero-order chi connectivity index (χ0) is 12.4. The number of aromatic nitrogens is 1. The Morgan fingerprint density at radius 3 is 2.71 bits per heavy atom. The Bertz CT molecular complexity index is 433. The summed E-state index contributed by atoms with van der Waals surface area (Å²) < 4.78 is 0. The summed E-state index contributed by atoms with van der Waals surface area (Å²) in [5, 5.41) is 20.2. The lowest BCUT2D eigenvalue weighted by atomic mass is 10.1. The van der Waals surface area contributed by atoms with E-state index in [-0.39, 0.29) is 16.9 Å². The van der Waals surface area contributed by atoms with Gasteiger partial charge >= 0.3 is 0 Å². The number of rotatable bonds is 2. The van der Waals surface area contributed by atoms with Crippen LogP contribution in [-0.2, 0) is 0 Å². The molecule has 92 valence electrons. The van der Waals surface area contributed by atoms with Crippen LogP contribution in [0.4, 0.5) is 11.5 Å². The molecule has 0 amide bonds. The Morgan fingerprint density at radius 1 is 1.47 bits per heavy atom. The molecule has 1 aliphatic heterocycles. The summed E-state index contributed by atoms with van der Waals surface area (Å²) in [4.78, 5) is 16.2. The molecule has 1 aliphatic rings. The van der Waals surface area contributed by atoms with Crippen LogP contribution in [0.15, 0.2) is 12.1 Å². The first-order valence-electron chi connectivity index (χ1n) is 5.31. The molecule has 1 N–H and O–H groups in total. The normalized spacial score (nSPS) is 17.2. The van der Waals surface area contributed by atoms with Crippen molar-refractivity contribution in [2.45, 2.75) is 18.9 Å². The van der Waals surface area contributed by atoms with Gasteiger partial charge in [-0.25, -0.2) is 4.98 Å². The van der Waals surface area contributed by atoms with E-state index in [2.05, 4.69) is 4.98 Å². The number of halogens is 1. The van der Waals surface area contributed by atoms with Crippen molar-refractivity contribution < 1.29 is 10.0 Å². The SMILES string of the molecule is O=[N+]([O-])c1cc(Cl)nc(N2CCC(O)CC2)c1. The molecule has 0 radical (unpaired) electrons. The van der Waals surface area contributed by atoms with E-state index in [0.29, 0.717) is 31.7 Å². The van der Waals surface area contributed by atoms with Crippen molar-refractivity contribution in [3.8, 4) is 0 Å². The molecule has 1 saturated heterocycles. The van der Waals surface area contributed by atoms with Gasteiger partial charge in [0.25, 0.3) is 5.69 Å². The van der Waals surface area contributed by atoms with E-state index in [9.17, 15) is 15.2 Å². The minimum absolute atomic E-state index is 0.0638. The van der Waals surface area contributed by atoms with Gasteiger partial charge in [-0.3, -0.25) is 10.1 Å². The smallest absolute Gasteiger partial charge is 0.276 e. The van der Waals surface area contributed by atoms with Gasteiger partial charge < -0.3 is 10.0 Å². The van der Waals surface area contributed by atoms with Gasteiger partial charge in [0, 0.05) is 13.1 Å². The van der Waals surface area contributed by atoms with Crippen molar-refractivity contribution >= 4 is 23.1 Å². The zero-order valence-corrected chi connectivity index (χ0v) is 9.80. The van der Waals surface area contributed by atoms with Crippen LogP contribution >= 0.6 is 11.6 Å². The molecule has 0 aromatic carbocycles. The number of hydrogen-bond donors (Lipinski definition) is 1. The Kier molecular flexibility index (Phi) is 3.44. The molecular weight excluding hydrogens is 246 g/mol. The van der Waals surface area contributed by atoms with E-state index in [1.54, 1.807) is 0 Å². The molecule has 0 spiro atoms. The van der Waals surface area contributed by atoms with Gasteiger partial charge in [-0.15, -0.1) is 0 Å². The Balaban J connectivity index is 2.23. The maximum atomic E-state index is 10.7. The predicted molar refractivity (Wildman–Crippen MR) is 63.4 cm³/mol. The molecular formula is C10H12ClN3O3. The van der Waals surface area contributed by atoms with E-state index in [4.69, 9.17) is 11.6 Å². The monoisotopic (exact) mass is 257 g/mol. The second-order valence-corrected chi connectivity index (χ2v) is 4.37. The summed E-state index contributed by atoms with van der Waals surface area (Å²) in [7, 11) is 0. The molecule has 0 aliphatic carbocycles. The maximum Gasteiger partial charge on any atom is 0.276 e. The molecule has 2 rings (SSSR count). The van der Waals surface area contributed by atoms with Gasteiger partial charge in [-0.1, -0.05) is 11.6 Å². The standard InChI is InChI=1S/C10H12ClN3O3/c11-9-5-7(14(16)17)6-10(12-9)13-3-1-8(15)2-4-13/h5-6,8,15H,1-4H2. The van der Waals surface area contributed by atoms with Crippen molar-refractivity contribution in [3.63, 3.8) is 0 Å². The van der Waals surface area contributed by atoms with Crippen LogP contribution < -0.4 is 4.90 Å². The molecule has 0 unspecified atom stereocenters. The summed E-state index contributed by atoms with van der Waals surface area (Å²) in [5.74, 6) is 0.496. The van der Waals surface area contributed by atoms with E-state index in [1.807, 2.05) is 4.90 Å². The fourth-order valence-electron chi connectivity index (χ4n) is 1.83. The number of anilines is 1. The molecule has 2 heterocycles. The Hall–Kier alpha value is -1.40. The molecule has 1 aromatic heterocycles. The number of aliphatic hydroxyl groups excluding tert-OH is 1.